The van der Waals surface area contributed by atoms with Crippen molar-refractivity contribution in [1.29, 1.82) is 0 Å². The number of aromatic nitrogens is 3. The quantitative estimate of drug-likeness (QED) is 0.419. The lowest BCUT2D eigenvalue weighted by Crippen LogP contribution is -2.13. The van der Waals surface area contributed by atoms with E-state index in [1.54, 1.807) is 42.5 Å². The summed E-state index contributed by atoms with van der Waals surface area (Å²) < 4.78 is 60.1. The molecule has 0 spiro atoms. The maximum absolute atomic E-state index is 12.5. The molecule has 0 aliphatic carbocycles. The van der Waals surface area contributed by atoms with Crippen LogP contribution < -0.4 is 11.1 Å². The summed E-state index contributed by atoms with van der Waals surface area (Å²) in [6.07, 6.45) is 1.47. The first-order valence-corrected chi connectivity index (χ1v) is 11.5. The third-order valence-electron chi connectivity index (χ3n) is 5.08. The summed E-state index contributed by atoms with van der Waals surface area (Å²) in [5, 5.41) is 4.89. The molecule has 170 valence electrons. The molecule has 9 heteroatoms. The molecule has 8 nitrogen and oxygen atoms in total. The fourth-order valence-corrected chi connectivity index (χ4v) is 4.14. The first-order valence-electron chi connectivity index (χ1n) is 12.0. The summed E-state index contributed by atoms with van der Waals surface area (Å²) >= 11 is 0. The van der Waals surface area contributed by atoms with Crippen molar-refractivity contribution in [3.8, 4) is 34.0 Å². The maximum atomic E-state index is 12.5. The van der Waals surface area contributed by atoms with Crippen molar-refractivity contribution >= 4 is 15.7 Å². The standard InChI is InChI=1S/C24H25N5O3S/c1-15(2)33(30,31)19-10-8-18(9-11-19)21-14-27-24(25)23(28-21)22-12-20(29-32-22)17-6-4-16(5-7-17)13-26-3/h4-12,14-15,26H,13H2,1-3H3,(H2,25,27)/i3D3,15D. The van der Waals surface area contributed by atoms with Crippen molar-refractivity contribution in [2.24, 2.45) is 0 Å². The Kier molecular flexibility index (Phi) is 4.96. The van der Waals surface area contributed by atoms with Gasteiger partial charge in [-0.2, -0.15) is 0 Å². The highest BCUT2D eigenvalue weighted by molar-refractivity contribution is 7.92. The van der Waals surface area contributed by atoms with Gasteiger partial charge in [0.25, 0.3) is 0 Å². The molecule has 0 radical (unpaired) electrons. The van der Waals surface area contributed by atoms with Crippen molar-refractivity contribution in [3.63, 3.8) is 0 Å². The van der Waals surface area contributed by atoms with Gasteiger partial charge in [-0.25, -0.2) is 18.4 Å². The Bertz CT molecular complexity index is 1510. The van der Waals surface area contributed by atoms with Crippen molar-refractivity contribution < 1.29 is 18.4 Å². The predicted molar refractivity (Wildman–Crippen MR) is 128 cm³/mol. The van der Waals surface area contributed by atoms with Gasteiger partial charge in [0, 0.05) is 29.2 Å². The van der Waals surface area contributed by atoms with E-state index in [9.17, 15) is 8.42 Å². The summed E-state index contributed by atoms with van der Waals surface area (Å²) in [5.41, 5.74) is 9.47. The van der Waals surface area contributed by atoms with Crippen LogP contribution in [0.15, 0.2) is 70.2 Å². The van der Waals surface area contributed by atoms with Crippen LogP contribution in [0.1, 0.15) is 24.9 Å². The monoisotopic (exact) mass is 467 g/mol. The summed E-state index contributed by atoms with van der Waals surface area (Å²) in [5.74, 6) is 0.429. The van der Waals surface area contributed by atoms with Gasteiger partial charge in [-0.15, -0.1) is 0 Å². The van der Waals surface area contributed by atoms with Gasteiger partial charge >= 0.3 is 0 Å². The Labute approximate surface area is 198 Å². The maximum Gasteiger partial charge on any atom is 0.189 e. The first kappa shape index (κ1) is 17.9. The van der Waals surface area contributed by atoms with E-state index in [1.165, 1.54) is 32.2 Å². The minimum atomic E-state index is -3.81. The zero-order chi connectivity index (χ0) is 27.0. The van der Waals surface area contributed by atoms with Gasteiger partial charge in [0.15, 0.2) is 27.1 Å². The Hall–Kier alpha value is -3.56. The number of rotatable bonds is 7. The first-order chi connectivity index (χ1) is 17.2. The van der Waals surface area contributed by atoms with Crippen LogP contribution in [-0.4, -0.2) is 35.7 Å². The molecule has 0 saturated carbocycles. The fraction of sp³-hybridized carbons (Fsp3) is 0.208. The predicted octanol–water partition coefficient (Wildman–Crippen LogP) is 3.95. The molecule has 4 aromatic rings. The van der Waals surface area contributed by atoms with E-state index in [-0.39, 0.29) is 23.0 Å². The normalized spacial score (nSPS) is 14.2. The molecule has 0 bridgehead atoms. The number of sulfone groups is 1. The second kappa shape index (κ2) is 9.13. The molecule has 2 aromatic carbocycles. The lowest BCUT2D eigenvalue weighted by atomic mass is 10.1. The number of hydrogen-bond donors (Lipinski definition) is 2. The van der Waals surface area contributed by atoms with Gasteiger partial charge in [0.1, 0.15) is 5.69 Å². The minimum absolute atomic E-state index is 0.0416. The third-order valence-corrected chi connectivity index (χ3v) is 7.05. The second-order valence-electron chi connectivity index (χ2n) is 7.55. The average Bonchev–Trinajstić information content (AvgIpc) is 3.32. The van der Waals surface area contributed by atoms with Crippen LogP contribution >= 0.6 is 0 Å². The summed E-state index contributed by atoms with van der Waals surface area (Å²) in [4.78, 5) is 8.80. The molecular weight excluding hydrogens is 438 g/mol. The van der Waals surface area contributed by atoms with E-state index < -0.39 is 22.0 Å². The van der Waals surface area contributed by atoms with Crippen LogP contribution in [-0.2, 0) is 16.4 Å². The lowest BCUT2D eigenvalue weighted by Gasteiger charge is -2.09. The molecule has 0 aliphatic heterocycles. The Morgan fingerprint density at radius 1 is 1.09 bits per heavy atom. The van der Waals surface area contributed by atoms with Gasteiger partial charge < -0.3 is 15.6 Å². The summed E-state index contributed by atoms with van der Waals surface area (Å²) in [7, 11) is -3.81. The van der Waals surface area contributed by atoms with E-state index in [1.807, 2.05) is 0 Å². The van der Waals surface area contributed by atoms with Crippen LogP contribution in [0.25, 0.3) is 34.0 Å². The highest BCUT2D eigenvalue weighted by atomic mass is 32.2. The second-order valence-corrected chi connectivity index (χ2v) is 9.85. The zero-order valence-corrected chi connectivity index (χ0v) is 18.8. The molecule has 4 rings (SSSR count). The minimum Gasteiger partial charge on any atom is -0.382 e. The Morgan fingerprint density at radius 3 is 2.42 bits per heavy atom. The van der Waals surface area contributed by atoms with Gasteiger partial charge in [-0.3, -0.25) is 0 Å². The number of nitrogen functional groups attached to an aromatic ring is 1. The topological polar surface area (TPSA) is 124 Å². The molecule has 33 heavy (non-hydrogen) atoms. The molecule has 0 atom stereocenters. The summed E-state index contributed by atoms with van der Waals surface area (Å²) in [6, 6.07) is 14.9. The lowest BCUT2D eigenvalue weighted by molar-refractivity contribution is 0.434. The molecule has 0 unspecified atom stereocenters. The van der Waals surface area contributed by atoms with Gasteiger partial charge in [0.2, 0.25) is 0 Å². The zero-order valence-electron chi connectivity index (χ0n) is 22.0. The van der Waals surface area contributed by atoms with Crippen LogP contribution in [0.5, 0.6) is 0 Å². The van der Waals surface area contributed by atoms with Crippen LogP contribution in [0.4, 0.5) is 5.82 Å². The van der Waals surface area contributed by atoms with Crippen LogP contribution in [0.2, 0.25) is 0 Å². The highest BCUT2D eigenvalue weighted by Crippen LogP contribution is 2.30. The number of nitrogens with one attached hydrogen (secondary N) is 1. The molecule has 3 N–H and O–H groups in total. The SMILES string of the molecule is [2H]C([2H])([2H])NCc1ccc(-c2cc(-c3nc(-c4ccc(S(=O)(=O)C([2H])(C)C)cc4)cnc3N)on2)cc1. The van der Waals surface area contributed by atoms with E-state index in [0.717, 1.165) is 11.1 Å². The van der Waals surface area contributed by atoms with Crippen LogP contribution in [0, 0.1) is 0 Å². The number of anilines is 1. The van der Waals surface area contributed by atoms with E-state index in [2.05, 4.69) is 20.4 Å². The Morgan fingerprint density at radius 2 is 1.76 bits per heavy atom. The molecule has 0 fully saturated rings. The average molecular weight is 468 g/mol. The Balaban J connectivity index is 1.57. The molecule has 0 saturated heterocycles. The fourth-order valence-electron chi connectivity index (χ4n) is 3.18. The number of benzene rings is 2. The van der Waals surface area contributed by atoms with Crippen molar-refractivity contribution in [2.45, 2.75) is 30.5 Å². The smallest absolute Gasteiger partial charge is 0.189 e. The number of hydrogen-bond acceptors (Lipinski definition) is 8. The molecule has 2 aromatic heterocycles. The molecule has 2 heterocycles. The van der Waals surface area contributed by atoms with E-state index in [4.69, 9.17) is 15.7 Å². The molecule has 0 aliphatic rings. The van der Waals surface area contributed by atoms with Crippen molar-refractivity contribution in [3.05, 3.63) is 66.4 Å². The van der Waals surface area contributed by atoms with E-state index in [0.29, 0.717) is 22.7 Å². The van der Waals surface area contributed by atoms with Crippen LogP contribution in [0.3, 0.4) is 0 Å². The third kappa shape index (κ3) is 4.64. The summed E-state index contributed by atoms with van der Waals surface area (Å²) in [6.45, 7) is 0.638. The van der Waals surface area contributed by atoms with Crippen molar-refractivity contribution in [2.75, 3.05) is 12.7 Å². The highest BCUT2D eigenvalue weighted by Gasteiger charge is 2.20. The number of nitrogens with two attached hydrogens (primary N) is 1. The van der Waals surface area contributed by atoms with Crippen molar-refractivity contribution in [1.82, 2.24) is 20.4 Å². The molecular formula is C24H25N5O3S. The van der Waals surface area contributed by atoms with E-state index >= 15 is 0 Å². The largest absolute Gasteiger partial charge is 0.382 e. The number of nitrogens with zero attached hydrogens (tertiary/aromatic N) is 3. The van der Waals surface area contributed by atoms with Gasteiger partial charge in [0.05, 0.1) is 22.0 Å². The van der Waals surface area contributed by atoms with Gasteiger partial charge in [-0.05, 0) is 38.5 Å². The molecule has 0 amide bonds. The van der Waals surface area contributed by atoms with Gasteiger partial charge in [-0.1, -0.05) is 41.6 Å².